The van der Waals surface area contributed by atoms with Crippen molar-refractivity contribution in [1.82, 2.24) is 15.0 Å². The molecular weight excluding hydrogens is 304 g/mol. The molecule has 1 aromatic carbocycles. The number of aromatic nitrogens is 3. The first kappa shape index (κ1) is 14.8. The first-order chi connectivity index (χ1) is 11.1. The molecule has 120 valence electrons. The Balaban J connectivity index is 2.09. The fourth-order valence-corrected chi connectivity index (χ4v) is 2.24. The Hall–Kier alpha value is -3.10. The first-order valence-corrected chi connectivity index (χ1v) is 6.89. The van der Waals surface area contributed by atoms with Crippen molar-refractivity contribution in [2.45, 2.75) is 13.5 Å². The summed E-state index contributed by atoms with van der Waals surface area (Å²) in [7, 11) is 0. The van der Waals surface area contributed by atoms with Gasteiger partial charge in [0.15, 0.2) is 17.2 Å². The molecule has 2 N–H and O–H groups in total. The fourth-order valence-electron chi connectivity index (χ4n) is 2.24. The Kier molecular flexibility index (Phi) is 3.83. The van der Waals surface area contributed by atoms with Gasteiger partial charge in [-0.05, 0) is 25.1 Å². The molecule has 0 aliphatic carbocycles. The van der Waals surface area contributed by atoms with Crippen LogP contribution in [0.3, 0.4) is 0 Å². The molecule has 1 aromatic heterocycles. The maximum absolute atomic E-state index is 12.1. The third-order valence-corrected chi connectivity index (χ3v) is 3.16. The van der Waals surface area contributed by atoms with Crippen molar-refractivity contribution in [3.8, 4) is 22.8 Å². The van der Waals surface area contributed by atoms with Crippen LogP contribution in [0, 0.1) is 0 Å². The van der Waals surface area contributed by atoms with Gasteiger partial charge in [0.05, 0.1) is 6.61 Å². The van der Waals surface area contributed by atoms with Crippen LogP contribution in [-0.2, 0) is 16.1 Å². The predicted octanol–water partition coefficient (Wildman–Crippen LogP) is 0.336. The quantitative estimate of drug-likeness (QED) is 0.789. The summed E-state index contributed by atoms with van der Waals surface area (Å²) < 4.78 is 16.8. The number of hydrogen-bond donors (Lipinski definition) is 1. The molecule has 0 bridgehead atoms. The van der Waals surface area contributed by atoms with Crippen molar-refractivity contribution in [2.24, 2.45) is 5.73 Å². The molecule has 0 spiro atoms. The van der Waals surface area contributed by atoms with E-state index < -0.39 is 11.9 Å². The summed E-state index contributed by atoms with van der Waals surface area (Å²) in [5.74, 6) is -0.104. The Morgan fingerprint density at radius 2 is 2.13 bits per heavy atom. The van der Waals surface area contributed by atoms with E-state index in [-0.39, 0.29) is 25.6 Å². The lowest BCUT2D eigenvalue weighted by atomic mass is 10.1. The summed E-state index contributed by atoms with van der Waals surface area (Å²) in [6.45, 7) is 1.80. The van der Waals surface area contributed by atoms with E-state index in [1.165, 1.54) is 4.68 Å². The Bertz CT molecular complexity index is 771. The molecule has 0 unspecified atom stereocenters. The summed E-state index contributed by atoms with van der Waals surface area (Å²) in [6.07, 6.45) is 0. The number of rotatable bonds is 5. The van der Waals surface area contributed by atoms with Crippen molar-refractivity contribution in [3.05, 3.63) is 23.9 Å². The van der Waals surface area contributed by atoms with E-state index in [0.717, 1.165) is 0 Å². The van der Waals surface area contributed by atoms with Crippen molar-refractivity contribution < 1.29 is 23.8 Å². The van der Waals surface area contributed by atoms with Crippen molar-refractivity contribution >= 4 is 11.9 Å². The topological polar surface area (TPSA) is 119 Å². The summed E-state index contributed by atoms with van der Waals surface area (Å²) >= 11 is 0. The molecule has 9 nitrogen and oxygen atoms in total. The molecule has 1 aliphatic rings. The lowest BCUT2D eigenvalue weighted by Crippen LogP contribution is -2.20. The molecule has 2 heterocycles. The number of primary amides is 1. The molecule has 3 rings (SSSR count). The van der Waals surface area contributed by atoms with E-state index in [4.69, 9.17) is 19.9 Å². The van der Waals surface area contributed by atoms with Gasteiger partial charge >= 0.3 is 5.97 Å². The van der Waals surface area contributed by atoms with Gasteiger partial charge < -0.3 is 19.9 Å². The summed E-state index contributed by atoms with van der Waals surface area (Å²) in [4.78, 5) is 23.3. The van der Waals surface area contributed by atoms with Gasteiger partial charge in [0.25, 0.3) is 0 Å². The maximum atomic E-state index is 12.1. The molecule has 0 saturated heterocycles. The van der Waals surface area contributed by atoms with Crippen LogP contribution in [0.25, 0.3) is 11.3 Å². The second-order valence-electron chi connectivity index (χ2n) is 4.70. The van der Waals surface area contributed by atoms with Gasteiger partial charge in [-0.15, -0.1) is 5.10 Å². The Morgan fingerprint density at radius 3 is 2.87 bits per heavy atom. The highest BCUT2D eigenvalue weighted by atomic mass is 16.7. The average molecular weight is 318 g/mol. The molecule has 1 amide bonds. The minimum Gasteiger partial charge on any atom is -0.461 e. The van der Waals surface area contributed by atoms with E-state index in [0.29, 0.717) is 22.8 Å². The SMILES string of the molecule is CCOC(=O)c1nnn(CC(N)=O)c1-c1ccc2c(c1)OCO2. The second kappa shape index (κ2) is 5.95. The van der Waals surface area contributed by atoms with E-state index in [1.54, 1.807) is 25.1 Å². The molecule has 0 radical (unpaired) electrons. The number of hydrogen-bond acceptors (Lipinski definition) is 7. The molecule has 0 fully saturated rings. The fraction of sp³-hybridized carbons (Fsp3) is 0.286. The lowest BCUT2D eigenvalue weighted by Gasteiger charge is -2.07. The molecule has 0 atom stereocenters. The van der Waals surface area contributed by atoms with Gasteiger partial charge in [-0.25, -0.2) is 9.48 Å². The molecule has 0 saturated carbocycles. The number of fused-ring (bicyclic) bond motifs is 1. The van der Waals surface area contributed by atoms with Crippen LogP contribution in [-0.4, -0.2) is 40.3 Å². The van der Waals surface area contributed by atoms with Gasteiger partial charge in [-0.3, -0.25) is 4.79 Å². The standard InChI is InChI=1S/C14H14N4O5/c1-2-21-14(20)12-13(18(17-16-12)6-11(15)19)8-3-4-9-10(5-8)23-7-22-9/h3-5H,2,6-7H2,1H3,(H2,15,19). The predicted molar refractivity (Wildman–Crippen MR) is 76.7 cm³/mol. The molecule has 9 heteroatoms. The highest BCUT2D eigenvalue weighted by Crippen LogP contribution is 2.36. The number of benzene rings is 1. The summed E-state index contributed by atoms with van der Waals surface area (Å²) in [5, 5.41) is 7.64. The third-order valence-electron chi connectivity index (χ3n) is 3.16. The van der Waals surface area contributed by atoms with E-state index in [9.17, 15) is 9.59 Å². The smallest absolute Gasteiger partial charge is 0.361 e. The van der Waals surface area contributed by atoms with Crippen molar-refractivity contribution in [1.29, 1.82) is 0 Å². The third kappa shape index (κ3) is 2.80. The first-order valence-electron chi connectivity index (χ1n) is 6.89. The Morgan fingerprint density at radius 1 is 1.35 bits per heavy atom. The minimum absolute atomic E-state index is 0.00645. The largest absolute Gasteiger partial charge is 0.461 e. The average Bonchev–Trinajstić information content (AvgIpc) is 3.12. The van der Waals surface area contributed by atoms with E-state index in [1.807, 2.05) is 0 Å². The molecular formula is C14H14N4O5. The van der Waals surface area contributed by atoms with Gasteiger partial charge in [-0.2, -0.15) is 0 Å². The summed E-state index contributed by atoms with van der Waals surface area (Å²) in [6, 6.07) is 5.10. The number of amides is 1. The number of esters is 1. The van der Waals surface area contributed by atoms with Crippen LogP contribution >= 0.6 is 0 Å². The second-order valence-corrected chi connectivity index (χ2v) is 4.70. The van der Waals surface area contributed by atoms with Crippen LogP contribution in [0.2, 0.25) is 0 Å². The number of carbonyl (C=O) groups is 2. The number of nitrogens with zero attached hydrogens (tertiary/aromatic N) is 3. The minimum atomic E-state index is -0.629. The van der Waals surface area contributed by atoms with E-state index >= 15 is 0 Å². The highest BCUT2D eigenvalue weighted by molar-refractivity contribution is 5.94. The van der Waals surface area contributed by atoms with Crippen LogP contribution in [0.5, 0.6) is 11.5 Å². The van der Waals surface area contributed by atoms with Crippen LogP contribution < -0.4 is 15.2 Å². The zero-order chi connectivity index (χ0) is 16.4. The van der Waals surface area contributed by atoms with Gasteiger partial charge in [0.1, 0.15) is 12.2 Å². The monoisotopic (exact) mass is 318 g/mol. The van der Waals surface area contributed by atoms with Gasteiger partial charge in [-0.1, -0.05) is 5.21 Å². The number of nitrogens with two attached hydrogens (primary N) is 1. The lowest BCUT2D eigenvalue weighted by molar-refractivity contribution is -0.118. The summed E-state index contributed by atoms with van der Waals surface area (Å²) in [5.41, 5.74) is 6.14. The zero-order valence-electron chi connectivity index (χ0n) is 12.3. The van der Waals surface area contributed by atoms with Crippen molar-refractivity contribution in [2.75, 3.05) is 13.4 Å². The van der Waals surface area contributed by atoms with Crippen LogP contribution in [0.15, 0.2) is 18.2 Å². The van der Waals surface area contributed by atoms with Crippen molar-refractivity contribution in [3.63, 3.8) is 0 Å². The van der Waals surface area contributed by atoms with Gasteiger partial charge in [0.2, 0.25) is 12.7 Å². The Labute approximate surface area is 130 Å². The van der Waals surface area contributed by atoms with Crippen LogP contribution in [0.1, 0.15) is 17.4 Å². The molecule has 2 aromatic rings. The molecule has 23 heavy (non-hydrogen) atoms. The van der Waals surface area contributed by atoms with Crippen LogP contribution in [0.4, 0.5) is 0 Å². The highest BCUT2D eigenvalue weighted by Gasteiger charge is 2.25. The van der Waals surface area contributed by atoms with E-state index in [2.05, 4.69) is 10.3 Å². The maximum Gasteiger partial charge on any atom is 0.361 e. The normalized spacial score (nSPS) is 12.2. The molecule has 1 aliphatic heterocycles. The zero-order valence-corrected chi connectivity index (χ0v) is 12.3. The van der Waals surface area contributed by atoms with Gasteiger partial charge in [0, 0.05) is 5.56 Å². The number of ether oxygens (including phenoxy) is 3. The number of carbonyl (C=O) groups excluding carboxylic acids is 2.